The van der Waals surface area contributed by atoms with Crippen LogP contribution in [0.3, 0.4) is 0 Å². The molecule has 2 N–H and O–H groups in total. The van der Waals surface area contributed by atoms with Crippen LogP contribution in [0.4, 0.5) is 0 Å². The van der Waals surface area contributed by atoms with Crippen molar-refractivity contribution in [2.45, 2.75) is 50.9 Å². The Morgan fingerprint density at radius 2 is 2.05 bits per heavy atom. The van der Waals surface area contributed by atoms with E-state index in [4.69, 9.17) is 10.5 Å². The Morgan fingerprint density at radius 3 is 2.62 bits per heavy atom. The Balaban J connectivity index is 1.80. The third-order valence-corrected chi connectivity index (χ3v) is 4.58. The number of nitrogens with zero attached hydrogens (tertiary/aromatic N) is 1. The van der Waals surface area contributed by atoms with E-state index in [9.17, 15) is 0 Å². The van der Waals surface area contributed by atoms with E-state index in [2.05, 4.69) is 50.0 Å². The molecule has 1 atom stereocenters. The molecule has 0 radical (unpaired) electrons. The van der Waals surface area contributed by atoms with Gasteiger partial charge in [0.05, 0.1) is 12.6 Å². The van der Waals surface area contributed by atoms with Crippen molar-refractivity contribution in [1.29, 1.82) is 0 Å². The average molecular weight is 306 g/mol. The van der Waals surface area contributed by atoms with Crippen molar-refractivity contribution in [3.05, 3.63) is 35.4 Å². The summed E-state index contributed by atoms with van der Waals surface area (Å²) in [6.45, 7) is 8.25. The molecule has 0 aliphatic carbocycles. The molecule has 3 nitrogen and oxygen atoms in total. The minimum Gasteiger partial charge on any atom is -0.379 e. The second-order valence-corrected chi connectivity index (χ2v) is 7.55. The minimum absolute atomic E-state index is 0.202. The summed E-state index contributed by atoms with van der Waals surface area (Å²) in [5.41, 5.74) is 8.80. The summed E-state index contributed by atoms with van der Waals surface area (Å²) < 4.78 is 5.54. The molecule has 1 saturated heterocycles. The molecule has 1 fully saturated rings. The SMILES string of the molecule is CC(C)(C)c1ccc(CSC(N)=NC[C@@H]2CCCO2)cc1. The van der Waals surface area contributed by atoms with Crippen LogP contribution in [0.1, 0.15) is 44.7 Å². The largest absolute Gasteiger partial charge is 0.379 e. The number of amidine groups is 1. The molecule has 0 unspecified atom stereocenters. The van der Waals surface area contributed by atoms with Gasteiger partial charge < -0.3 is 10.5 Å². The van der Waals surface area contributed by atoms with E-state index in [-0.39, 0.29) is 11.5 Å². The van der Waals surface area contributed by atoms with Crippen molar-refractivity contribution in [2.75, 3.05) is 13.2 Å². The molecule has 0 amide bonds. The Hall–Kier alpha value is -1.00. The highest BCUT2D eigenvalue weighted by molar-refractivity contribution is 8.13. The monoisotopic (exact) mass is 306 g/mol. The second kappa shape index (κ2) is 7.32. The van der Waals surface area contributed by atoms with Gasteiger partial charge in [0.25, 0.3) is 0 Å². The topological polar surface area (TPSA) is 47.6 Å². The van der Waals surface area contributed by atoms with Gasteiger partial charge in [-0.15, -0.1) is 0 Å². The van der Waals surface area contributed by atoms with E-state index in [0.717, 1.165) is 25.2 Å². The first-order chi connectivity index (χ1) is 9.95. The predicted octanol–water partition coefficient (Wildman–Crippen LogP) is 3.71. The fourth-order valence-corrected chi connectivity index (χ4v) is 2.96. The molecule has 116 valence electrons. The molecular weight excluding hydrogens is 280 g/mol. The zero-order chi connectivity index (χ0) is 15.3. The van der Waals surface area contributed by atoms with Crippen molar-refractivity contribution in [2.24, 2.45) is 10.7 Å². The van der Waals surface area contributed by atoms with Gasteiger partial charge >= 0.3 is 0 Å². The molecule has 2 rings (SSSR count). The first-order valence-corrected chi connectivity index (χ1v) is 8.57. The molecule has 1 aromatic rings. The third kappa shape index (κ3) is 5.36. The lowest BCUT2D eigenvalue weighted by Gasteiger charge is -2.19. The maximum Gasteiger partial charge on any atom is 0.154 e. The van der Waals surface area contributed by atoms with Crippen LogP contribution in [0.2, 0.25) is 0 Å². The van der Waals surface area contributed by atoms with Crippen LogP contribution in [0.5, 0.6) is 0 Å². The Kier molecular flexibility index (Phi) is 5.71. The van der Waals surface area contributed by atoms with Crippen molar-refractivity contribution in [1.82, 2.24) is 0 Å². The summed E-state index contributed by atoms with van der Waals surface area (Å²) in [7, 11) is 0. The normalized spacial score (nSPS) is 20.0. The van der Waals surface area contributed by atoms with Crippen LogP contribution in [-0.2, 0) is 15.9 Å². The fourth-order valence-electron chi connectivity index (χ4n) is 2.28. The molecule has 1 aliphatic rings. The van der Waals surface area contributed by atoms with Gasteiger partial charge in [-0.2, -0.15) is 0 Å². The summed E-state index contributed by atoms with van der Waals surface area (Å²) in [5.74, 6) is 0.866. The first-order valence-electron chi connectivity index (χ1n) is 7.59. The van der Waals surface area contributed by atoms with E-state index in [1.54, 1.807) is 11.8 Å². The number of rotatable bonds is 4. The lowest BCUT2D eigenvalue weighted by molar-refractivity contribution is 0.118. The summed E-state index contributed by atoms with van der Waals surface area (Å²) in [5, 5.41) is 0.658. The smallest absolute Gasteiger partial charge is 0.154 e. The number of aliphatic imine (C=N–C) groups is 1. The van der Waals surface area contributed by atoms with Gasteiger partial charge in [0.15, 0.2) is 5.17 Å². The zero-order valence-corrected chi connectivity index (χ0v) is 14.1. The molecule has 1 aromatic carbocycles. The summed E-state index contributed by atoms with van der Waals surface area (Å²) in [6.07, 6.45) is 2.53. The quantitative estimate of drug-likeness (QED) is 0.681. The molecule has 21 heavy (non-hydrogen) atoms. The van der Waals surface area contributed by atoms with E-state index < -0.39 is 0 Å². The van der Waals surface area contributed by atoms with Crippen LogP contribution in [0.15, 0.2) is 29.3 Å². The lowest BCUT2D eigenvalue weighted by atomic mass is 9.87. The molecular formula is C17H26N2OS. The van der Waals surface area contributed by atoms with E-state index in [1.807, 2.05) is 0 Å². The van der Waals surface area contributed by atoms with Crippen LogP contribution < -0.4 is 5.73 Å². The summed E-state index contributed by atoms with van der Waals surface area (Å²) in [4.78, 5) is 4.41. The third-order valence-electron chi connectivity index (χ3n) is 3.68. The number of hydrogen-bond acceptors (Lipinski definition) is 3. The Labute approximate surface area is 132 Å². The average Bonchev–Trinajstić information content (AvgIpc) is 2.95. The first kappa shape index (κ1) is 16.4. The highest BCUT2D eigenvalue weighted by Gasteiger charge is 2.15. The molecule has 1 heterocycles. The fraction of sp³-hybridized carbons (Fsp3) is 0.588. The van der Waals surface area contributed by atoms with Gasteiger partial charge in [0.2, 0.25) is 0 Å². The number of ether oxygens (including phenoxy) is 1. The van der Waals surface area contributed by atoms with Gasteiger partial charge in [-0.25, -0.2) is 0 Å². The number of thioether (sulfide) groups is 1. The molecule has 0 spiro atoms. The van der Waals surface area contributed by atoms with Crippen LogP contribution >= 0.6 is 11.8 Å². The number of benzene rings is 1. The van der Waals surface area contributed by atoms with Crippen molar-refractivity contribution in [3.8, 4) is 0 Å². The number of hydrogen-bond donors (Lipinski definition) is 1. The highest BCUT2D eigenvalue weighted by atomic mass is 32.2. The molecule has 0 aromatic heterocycles. The molecule has 4 heteroatoms. The molecule has 0 bridgehead atoms. The Morgan fingerprint density at radius 1 is 1.33 bits per heavy atom. The summed E-state index contributed by atoms with van der Waals surface area (Å²) >= 11 is 1.60. The molecule has 0 saturated carbocycles. The highest BCUT2D eigenvalue weighted by Crippen LogP contribution is 2.23. The van der Waals surface area contributed by atoms with Crippen LogP contribution in [0, 0.1) is 0 Å². The van der Waals surface area contributed by atoms with E-state index in [1.165, 1.54) is 11.1 Å². The molecule has 1 aliphatic heterocycles. The standard InChI is InChI=1S/C17H26N2OS/c1-17(2,3)14-8-6-13(7-9-14)12-21-16(18)19-11-15-5-4-10-20-15/h6-9,15H,4-5,10-12H2,1-3H3,(H2,18,19)/t15-/m0/s1. The van der Waals surface area contributed by atoms with E-state index >= 15 is 0 Å². The second-order valence-electron chi connectivity index (χ2n) is 6.55. The van der Waals surface area contributed by atoms with Crippen LogP contribution in [-0.4, -0.2) is 24.4 Å². The van der Waals surface area contributed by atoms with Gasteiger partial charge in [-0.3, -0.25) is 4.99 Å². The van der Waals surface area contributed by atoms with Gasteiger partial charge in [-0.1, -0.05) is 56.8 Å². The van der Waals surface area contributed by atoms with Crippen molar-refractivity contribution < 1.29 is 4.74 Å². The number of nitrogens with two attached hydrogens (primary N) is 1. The lowest BCUT2D eigenvalue weighted by Crippen LogP contribution is -2.14. The van der Waals surface area contributed by atoms with Crippen LogP contribution in [0.25, 0.3) is 0 Å². The zero-order valence-electron chi connectivity index (χ0n) is 13.3. The predicted molar refractivity (Wildman–Crippen MR) is 91.9 cm³/mol. The van der Waals surface area contributed by atoms with Gasteiger partial charge in [0.1, 0.15) is 0 Å². The summed E-state index contributed by atoms with van der Waals surface area (Å²) in [6, 6.07) is 8.77. The van der Waals surface area contributed by atoms with Gasteiger partial charge in [0, 0.05) is 12.4 Å². The van der Waals surface area contributed by atoms with Crippen molar-refractivity contribution in [3.63, 3.8) is 0 Å². The van der Waals surface area contributed by atoms with Crippen molar-refractivity contribution >= 4 is 16.9 Å². The maximum absolute atomic E-state index is 5.96. The van der Waals surface area contributed by atoms with Gasteiger partial charge in [-0.05, 0) is 29.4 Å². The minimum atomic E-state index is 0.202. The van der Waals surface area contributed by atoms with E-state index in [0.29, 0.717) is 11.7 Å². The maximum atomic E-state index is 5.96. The Bertz CT molecular complexity index is 471.